The van der Waals surface area contributed by atoms with Crippen molar-refractivity contribution < 1.29 is 14.6 Å². The van der Waals surface area contributed by atoms with E-state index in [0.717, 1.165) is 5.56 Å². The molecule has 0 saturated carbocycles. The summed E-state index contributed by atoms with van der Waals surface area (Å²) in [6.07, 6.45) is 1.56. The second kappa shape index (κ2) is 7.26. The SMILES string of the molecule is O=C(CCOCc1ccccc1)N1CCC(O)CC1. The van der Waals surface area contributed by atoms with E-state index < -0.39 is 0 Å². The fraction of sp³-hybridized carbons (Fsp3) is 0.533. The number of piperidine rings is 1. The molecule has 0 bridgehead atoms. The molecule has 0 aromatic heterocycles. The average molecular weight is 263 g/mol. The summed E-state index contributed by atoms with van der Waals surface area (Å²) in [6.45, 7) is 2.33. The van der Waals surface area contributed by atoms with E-state index in [2.05, 4.69) is 0 Å². The molecule has 104 valence electrons. The van der Waals surface area contributed by atoms with E-state index in [1.807, 2.05) is 35.2 Å². The van der Waals surface area contributed by atoms with Crippen LogP contribution >= 0.6 is 0 Å². The lowest BCUT2D eigenvalue weighted by atomic mass is 10.1. The third-order valence-corrected chi connectivity index (χ3v) is 3.39. The minimum atomic E-state index is -0.238. The first-order valence-electron chi connectivity index (χ1n) is 6.83. The van der Waals surface area contributed by atoms with E-state index in [1.165, 1.54) is 0 Å². The first kappa shape index (κ1) is 14.0. The standard InChI is InChI=1S/C15H21NO3/c17-14-6-9-16(10-7-14)15(18)8-11-19-12-13-4-2-1-3-5-13/h1-5,14,17H,6-12H2. The average Bonchev–Trinajstić information content (AvgIpc) is 2.45. The van der Waals surface area contributed by atoms with Crippen molar-refractivity contribution in [3.05, 3.63) is 35.9 Å². The first-order valence-corrected chi connectivity index (χ1v) is 6.83. The monoisotopic (exact) mass is 263 g/mol. The summed E-state index contributed by atoms with van der Waals surface area (Å²) in [4.78, 5) is 13.7. The van der Waals surface area contributed by atoms with Crippen LogP contribution in [0.25, 0.3) is 0 Å². The molecule has 1 fully saturated rings. The Morgan fingerprint density at radius 1 is 1.26 bits per heavy atom. The molecule has 4 nitrogen and oxygen atoms in total. The van der Waals surface area contributed by atoms with E-state index in [4.69, 9.17) is 4.74 Å². The van der Waals surface area contributed by atoms with Crippen LogP contribution < -0.4 is 0 Å². The molecule has 1 aromatic carbocycles. The predicted octanol–water partition coefficient (Wildman–Crippen LogP) is 1.58. The van der Waals surface area contributed by atoms with E-state index in [1.54, 1.807) is 0 Å². The number of amides is 1. The van der Waals surface area contributed by atoms with Crippen LogP contribution in [0.1, 0.15) is 24.8 Å². The van der Waals surface area contributed by atoms with Gasteiger partial charge in [-0.3, -0.25) is 4.79 Å². The number of rotatable bonds is 5. The zero-order valence-corrected chi connectivity index (χ0v) is 11.1. The summed E-state index contributed by atoms with van der Waals surface area (Å²) >= 11 is 0. The number of aliphatic hydroxyl groups excluding tert-OH is 1. The van der Waals surface area contributed by atoms with Gasteiger partial charge in [0.2, 0.25) is 5.91 Å². The van der Waals surface area contributed by atoms with Gasteiger partial charge >= 0.3 is 0 Å². The van der Waals surface area contributed by atoms with Gasteiger partial charge in [-0.2, -0.15) is 0 Å². The fourth-order valence-electron chi connectivity index (χ4n) is 2.20. The summed E-state index contributed by atoms with van der Waals surface area (Å²) in [7, 11) is 0. The first-order chi connectivity index (χ1) is 9.25. The molecule has 1 heterocycles. The molecule has 0 aliphatic carbocycles. The molecule has 0 atom stereocenters. The number of nitrogens with zero attached hydrogens (tertiary/aromatic N) is 1. The van der Waals surface area contributed by atoms with Gasteiger partial charge in [0.05, 0.1) is 25.7 Å². The van der Waals surface area contributed by atoms with E-state index >= 15 is 0 Å². The van der Waals surface area contributed by atoms with Gasteiger partial charge in [-0.05, 0) is 18.4 Å². The fourth-order valence-corrected chi connectivity index (χ4v) is 2.20. The van der Waals surface area contributed by atoms with Crippen LogP contribution in [0.4, 0.5) is 0 Å². The van der Waals surface area contributed by atoms with Crippen molar-refractivity contribution >= 4 is 5.91 Å². The molecule has 1 saturated heterocycles. The number of likely N-dealkylation sites (tertiary alicyclic amines) is 1. The number of benzene rings is 1. The van der Waals surface area contributed by atoms with Crippen molar-refractivity contribution in [3.8, 4) is 0 Å². The summed E-state index contributed by atoms with van der Waals surface area (Å²) < 4.78 is 5.51. The van der Waals surface area contributed by atoms with Crippen LogP contribution in [0, 0.1) is 0 Å². The number of hydrogen-bond acceptors (Lipinski definition) is 3. The predicted molar refractivity (Wildman–Crippen MR) is 72.5 cm³/mol. The zero-order chi connectivity index (χ0) is 13.5. The number of carbonyl (C=O) groups excluding carboxylic acids is 1. The molecule has 4 heteroatoms. The van der Waals surface area contributed by atoms with Crippen LogP contribution in [-0.4, -0.2) is 41.7 Å². The van der Waals surface area contributed by atoms with Gasteiger partial charge in [0.15, 0.2) is 0 Å². The van der Waals surface area contributed by atoms with Gasteiger partial charge in [0.1, 0.15) is 0 Å². The molecule has 19 heavy (non-hydrogen) atoms. The van der Waals surface area contributed by atoms with Crippen molar-refractivity contribution in [2.24, 2.45) is 0 Å². The summed E-state index contributed by atoms with van der Waals surface area (Å²) in [6, 6.07) is 9.94. The molecule has 0 radical (unpaired) electrons. The number of hydrogen-bond donors (Lipinski definition) is 1. The lowest BCUT2D eigenvalue weighted by molar-refractivity contribution is -0.134. The van der Waals surface area contributed by atoms with Crippen molar-refractivity contribution in [1.29, 1.82) is 0 Å². The Labute approximate surface area is 114 Å². The molecule has 1 aliphatic rings. The highest BCUT2D eigenvalue weighted by Gasteiger charge is 2.20. The Hall–Kier alpha value is -1.39. The molecular formula is C15H21NO3. The van der Waals surface area contributed by atoms with Crippen LogP contribution in [0.5, 0.6) is 0 Å². The highest BCUT2D eigenvalue weighted by molar-refractivity contribution is 5.76. The van der Waals surface area contributed by atoms with Crippen molar-refractivity contribution in [2.45, 2.75) is 32.0 Å². The third kappa shape index (κ3) is 4.65. The Morgan fingerprint density at radius 3 is 2.63 bits per heavy atom. The Bertz CT molecular complexity index is 386. The maximum atomic E-state index is 11.9. The van der Waals surface area contributed by atoms with Crippen LogP contribution in [0.2, 0.25) is 0 Å². The highest BCUT2D eigenvalue weighted by atomic mass is 16.5. The van der Waals surface area contributed by atoms with Crippen molar-refractivity contribution in [3.63, 3.8) is 0 Å². The van der Waals surface area contributed by atoms with Gasteiger partial charge < -0.3 is 14.7 Å². The highest BCUT2D eigenvalue weighted by Crippen LogP contribution is 2.11. The molecule has 1 aromatic rings. The Balaban J connectivity index is 1.61. The molecule has 1 aliphatic heterocycles. The lowest BCUT2D eigenvalue weighted by Crippen LogP contribution is -2.40. The van der Waals surface area contributed by atoms with Gasteiger partial charge in [0.25, 0.3) is 0 Å². The normalized spacial score (nSPS) is 16.6. The van der Waals surface area contributed by atoms with Gasteiger partial charge in [-0.15, -0.1) is 0 Å². The van der Waals surface area contributed by atoms with Crippen LogP contribution in [0.15, 0.2) is 30.3 Å². The molecule has 2 rings (SSSR count). The molecular weight excluding hydrogens is 242 g/mol. The van der Waals surface area contributed by atoms with E-state index in [0.29, 0.717) is 45.6 Å². The minimum absolute atomic E-state index is 0.125. The Kier molecular flexibility index (Phi) is 5.36. The lowest BCUT2D eigenvalue weighted by Gasteiger charge is -2.29. The zero-order valence-electron chi connectivity index (χ0n) is 11.1. The third-order valence-electron chi connectivity index (χ3n) is 3.39. The second-order valence-electron chi connectivity index (χ2n) is 4.90. The van der Waals surface area contributed by atoms with Gasteiger partial charge in [-0.25, -0.2) is 0 Å². The quantitative estimate of drug-likeness (QED) is 0.821. The topological polar surface area (TPSA) is 49.8 Å². The maximum Gasteiger partial charge on any atom is 0.224 e. The van der Waals surface area contributed by atoms with Crippen molar-refractivity contribution in [2.75, 3.05) is 19.7 Å². The number of aliphatic hydroxyl groups is 1. The Morgan fingerprint density at radius 2 is 1.95 bits per heavy atom. The smallest absolute Gasteiger partial charge is 0.224 e. The molecule has 0 spiro atoms. The maximum absolute atomic E-state index is 11.9. The second-order valence-corrected chi connectivity index (χ2v) is 4.90. The largest absolute Gasteiger partial charge is 0.393 e. The molecule has 1 N–H and O–H groups in total. The molecule has 0 unspecified atom stereocenters. The van der Waals surface area contributed by atoms with Crippen LogP contribution in [0.3, 0.4) is 0 Å². The van der Waals surface area contributed by atoms with E-state index in [-0.39, 0.29) is 12.0 Å². The number of carbonyl (C=O) groups is 1. The van der Waals surface area contributed by atoms with Gasteiger partial charge in [0, 0.05) is 13.1 Å². The minimum Gasteiger partial charge on any atom is -0.393 e. The summed E-state index contributed by atoms with van der Waals surface area (Å²) in [5.74, 6) is 0.125. The summed E-state index contributed by atoms with van der Waals surface area (Å²) in [5.41, 5.74) is 1.12. The van der Waals surface area contributed by atoms with Crippen LogP contribution in [-0.2, 0) is 16.1 Å². The van der Waals surface area contributed by atoms with Crippen molar-refractivity contribution in [1.82, 2.24) is 4.90 Å². The summed E-state index contributed by atoms with van der Waals surface area (Å²) in [5, 5.41) is 9.39. The molecule has 1 amide bonds. The number of ether oxygens (including phenoxy) is 1. The van der Waals surface area contributed by atoms with Gasteiger partial charge in [-0.1, -0.05) is 30.3 Å². The van der Waals surface area contributed by atoms with E-state index in [9.17, 15) is 9.90 Å².